The van der Waals surface area contributed by atoms with Crippen LogP contribution in [0.15, 0.2) is 66.9 Å². The van der Waals surface area contributed by atoms with Crippen molar-refractivity contribution in [2.45, 2.75) is 6.54 Å². The first-order chi connectivity index (χ1) is 12.1. The molecule has 3 rings (SSSR count). The fourth-order valence-corrected chi connectivity index (χ4v) is 2.24. The SMILES string of the molecule is O=C(Nc1ccc(NCc2ccccc2F)cn1)c1ccccc1F. The van der Waals surface area contributed by atoms with Gasteiger partial charge in [0.05, 0.1) is 17.4 Å². The number of halogens is 2. The van der Waals surface area contributed by atoms with Gasteiger partial charge in [-0.05, 0) is 30.3 Å². The Balaban J connectivity index is 1.62. The summed E-state index contributed by atoms with van der Waals surface area (Å²) in [7, 11) is 0. The van der Waals surface area contributed by atoms with Crippen LogP contribution < -0.4 is 10.6 Å². The van der Waals surface area contributed by atoms with Crippen molar-refractivity contribution in [1.82, 2.24) is 4.98 Å². The topological polar surface area (TPSA) is 54.0 Å². The van der Waals surface area contributed by atoms with E-state index in [9.17, 15) is 13.6 Å². The molecule has 0 aliphatic rings. The first-order valence-electron chi connectivity index (χ1n) is 7.63. The van der Waals surface area contributed by atoms with E-state index in [1.54, 1.807) is 36.4 Å². The highest BCUT2D eigenvalue weighted by Crippen LogP contribution is 2.14. The third-order valence-corrected chi connectivity index (χ3v) is 3.56. The Morgan fingerprint density at radius 1 is 0.920 bits per heavy atom. The molecule has 0 saturated carbocycles. The molecule has 1 amide bonds. The second-order valence-corrected chi connectivity index (χ2v) is 5.31. The quantitative estimate of drug-likeness (QED) is 0.732. The number of carbonyl (C=O) groups is 1. The van der Waals surface area contributed by atoms with Gasteiger partial charge in [0.2, 0.25) is 0 Å². The van der Waals surface area contributed by atoms with Crippen LogP contribution in [0.4, 0.5) is 20.3 Å². The molecule has 2 N–H and O–H groups in total. The number of benzene rings is 2. The summed E-state index contributed by atoms with van der Waals surface area (Å²) in [6, 6.07) is 15.5. The van der Waals surface area contributed by atoms with Crippen LogP contribution in [0.25, 0.3) is 0 Å². The molecular formula is C19H15F2N3O. The van der Waals surface area contributed by atoms with Crippen LogP contribution in [0, 0.1) is 11.6 Å². The van der Waals surface area contributed by atoms with Crippen molar-refractivity contribution in [2.24, 2.45) is 0 Å². The fourth-order valence-electron chi connectivity index (χ4n) is 2.24. The van der Waals surface area contributed by atoms with Crippen molar-refractivity contribution in [1.29, 1.82) is 0 Å². The van der Waals surface area contributed by atoms with Gasteiger partial charge in [0, 0.05) is 12.1 Å². The van der Waals surface area contributed by atoms with Gasteiger partial charge in [-0.2, -0.15) is 0 Å². The Kier molecular flexibility index (Phi) is 4.99. The molecule has 0 aliphatic heterocycles. The van der Waals surface area contributed by atoms with Crippen LogP contribution in [-0.4, -0.2) is 10.9 Å². The highest BCUT2D eigenvalue weighted by molar-refractivity contribution is 6.03. The van der Waals surface area contributed by atoms with E-state index in [2.05, 4.69) is 15.6 Å². The molecule has 6 heteroatoms. The molecule has 0 radical (unpaired) electrons. The summed E-state index contributed by atoms with van der Waals surface area (Å²) in [6.07, 6.45) is 1.51. The van der Waals surface area contributed by atoms with Crippen molar-refractivity contribution < 1.29 is 13.6 Å². The van der Waals surface area contributed by atoms with Gasteiger partial charge in [0.1, 0.15) is 17.5 Å². The first-order valence-corrected chi connectivity index (χ1v) is 7.63. The summed E-state index contributed by atoms with van der Waals surface area (Å²) < 4.78 is 27.1. The number of anilines is 2. The Morgan fingerprint density at radius 3 is 2.32 bits per heavy atom. The van der Waals surface area contributed by atoms with E-state index in [-0.39, 0.29) is 11.4 Å². The van der Waals surface area contributed by atoms with Crippen molar-refractivity contribution in [3.63, 3.8) is 0 Å². The molecule has 0 unspecified atom stereocenters. The molecular weight excluding hydrogens is 324 g/mol. The maximum atomic E-state index is 13.6. The van der Waals surface area contributed by atoms with E-state index in [0.717, 1.165) is 0 Å². The number of hydrogen-bond donors (Lipinski definition) is 2. The van der Waals surface area contributed by atoms with Crippen LogP contribution in [0.5, 0.6) is 0 Å². The van der Waals surface area contributed by atoms with Crippen molar-refractivity contribution in [3.05, 3.63) is 89.6 Å². The highest BCUT2D eigenvalue weighted by atomic mass is 19.1. The molecule has 3 aromatic rings. The minimum atomic E-state index is -0.594. The molecule has 0 fully saturated rings. The number of amides is 1. The van der Waals surface area contributed by atoms with E-state index in [1.807, 2.05) is 0 Å². The molecule has 4 nitrogen and oxygen atoms in total. The smallest absolute Gasteiger partial charge is 0.259 e. The Bertz CT molecular complexity index is 882. The summed E-state index contributed by atoms with van der Waals surface area (Å²) in [4.78, 5) is 16.1. The van der Waals surface area contributed by atoms with Crippen molar-refractivity contribution >= 4 is 17.4 Å². The zero-order valence-corrected chi connectivity index (χ0v) is 13.2. The molecule has 126 valence electrons. The minimum absolute atomic E-state index is 0.0499. The van der Waals surface area contributed by atoms with Gasteiger partial charge in [-0.25, -0.2) is 13.8 Å². The molecule has 25 heavy (non-hydrogen) atoms. The van der Waals surface area contributed by atoms with Crippen LogP contribution in [0.2, 0.25) is 0 Å². The largest absolute Gasteiger partial charge is 0.380 e. The number of pyridine rings is 1. The molecule has 2 aromatic carbocycles. The lowest BCUT2D eigenvalue weighted by Crippen LogP contribution is -2.14. The number of carbonyl (C=O) groups excluding carboxylic acids is 1. The molecule has 1 heterocycles. The van der Waals surface area contributed by atoms with Gasteiger partial charge in [-0.3, -0.25) is 4.79 Å². The maximum Gasteiger partial charge on any atom is 0.259 e. The number of nitrogens with zero attached hydrogens (tertiary/aromatic N) is 1. The molecule has 0 atom stereocenters. The second kappa shape index (κ2) is 7.53. The van der Waals surface area contributed by atoms with Crippen molar-refractivity contribution in [3.8, 4) is 0 Å². The van der Waals surface area contributed by atoms with Gasteiger partial charge < -0.3 is 10.6 Å². The molecule has 0 spiro atoms. The third-order valence-electron chi connectivity index (χ3n) is 3.56. The summed E-state index contributed by atoms with van der Waals surface area (Å²) in [5.41, 5.74) is 1.16. The molecule has 0 aliphatic carbocycles. The average Bonchev–Trinajstić information content (AvgIpc) is 2.62. The first kappa shape index (κ1) is 16.6. The summed E-state index contributed by atoms with van der Waals surface area (Å²) in [5, 5.41) is 5.58. The van der Waals surface area contributed by atoms with Gasteiger partial charge >= 0.3 is 0 Å². The van der Waals surface area contributed by atoms with Crippen molar-refractivity contribution in [2.75, 3.05) is 10.6 Å². The standard InChI is InChI=1S/C19H15F2N3O/c20-16-7-3-1-5-13(16)11-22-14-9-10-18(23-12-14)24-19(25)15-6-2-4-8-17(15)21/h1-10,12,22H,11H2,(H,23,24,25). The van der Waals surface area contributed by atoms with Gasteiger partial charge in [0.15, 0.2) is 0 Å². The zero-order valence-electron chi connectivity index (χ0n) is 13.2. The predicted octanol–water partition coefficient (Wildman–Crippen LogP) is 4.22. The monoisotopic (exact) mass is 339 g/mol. The minimum Gasteiger partial charge on any atom is -0.380 e. The Morgan fingerprint density at radius 2 is 1.64 bits per heavy atom. The van der Waals surface area contributed by atoms with E-state index < -0.39 is 11.7 Å². The Labute approximate surface area is 143 Å². The molecule has 0 bridgehead atoms. The molecule has 0 saturated heterocycles. The summed E-state index contributed by atoms with van der Waals surface area (Å²) in [5.74, 6) is -1.15. The van der Waals surface area contributed by atoms with E-state index in [4.69, 9.17) is 0 Å². The van der Waals surface area contributed by atoms with Crippen LogP contribution in [0.3, 0.4) is 0 Å². The lowest BCUT2D eigenvalue weighted by molar-refractivity contribution is 0.102. The zero-order chi connectivity index (χ0) is 17.6. The highest BCUT2D eigenvalue weighted by Gasteiger charge is 2.11. The predicted molar refractivity (Wildman–Crippen MR) is 92.3 cm³/mol. The second-order valence-electron chi connectivity index (χ2n) is 5.31. The number of nitrogens with one attached hydrogen (secondary N) is 2. The van der Waals surface area contributed by atoms with Crippen LogP contribution in [0.1, 0.15) is 15.9 Å². The van der Waals surface area contributed by atoms with Gasteiger partial charge in [-0.1, -0.05) is 30.3 Å². The van der Waals surface area contributed by atoms with Gasteiger partial charge in [-0.15, -0.1) is 0 Å². The molecule has 1 aromatic heterocycles. The lowest BCUT2D eigenvalue weighted by atomic mass is 10.2. The lowest BCUT2D eigenvalue weighted by Gasteiger charge is -2.09. The summed E-state index contributed by atoms with van der Waals surface area (Å²) in [6.45, 7) is 0.315. The van der Waals surface area contributed by atoms with Crippen LogP contribution in [-0.2, 0) is 6.54 Å². The van der Waals surface area contributed by atoms with E-state index in [1.165, 1.54) is 30.5 Å². The van der Waals surface area contributed by atoms with E-state index in [0.29, 0.717) is 23.6 Å². The average molecular weight is 339 g/mol. The van der Waals surface area contributed by atoms with E-state index >= 15 is 0 Å². The van der Waals surface area contributed by atoms with Gasteiger partial charge in [0.25, 0.3) is 5.91 Å². The third kappa shape index (κ3) is 4.17. The fraction of sp³-hybridized carbons (Fsp3) is 0.0526. The Hall–Kier alpha value is -3.28. The number of hydrogen-bond acceptors (Lipinski definition) is 3. The summed E-state index contributed by atoms with van der Waals surface area (Å²) >= 11 is 0. The number of rotatable bonds is 5. The number of aromatic nitrogens is 1. The van der Waals surface area contributed by atoms with Crippen LogP contribution >= 0.6 is 0 Å². The normalized spacial score (nSPS) is 10.3. The maximum absolute atomic E-state index is 13.6.